The van der Waals surface area contributed by atoms with Crippen LogP contribution in [0.3, 0.4) is 0 Å². The van der Waals surface area contributed by atoms with Crippen molar-refractivity contribution in [3.63, 3.8) is 0 Å². The first kappa shape index (κ1) is 19.4. The minimum absolute atomic E-state index is 0.0435. The van der Waals surface area contributed by atoms with Crippen LogP contribution in [0.2, 0.25) is 0 Å². The Bertz CT molecular complexity index is 1400. The fourth-order valence-electron chi connectivity index (χ4n) is 4.06. The average molecular weight is 421 g/mol. The van der Waals surface area contributed by atoms with Crippen LogP contribution in [0.25, 0.3) is 33.9 Å². The van der Waals surface area contributed by atoms with Gasteiger partial charge in [-0.1, -0.05) is 30.3 Å². The monoisotopic (exact) mass is 421 g/mol. The van der Waals surface area contributed by atoms with Crippen LogP contribution in [0.15, 0.2) is 79.0 Å². The van der Waals surface area contributed by atoms with Gasteiger partial charge in [0.05, 0.1) is 5.57 Å². The topological polar surface area (TPSA) is 108 Å². The van der Waals surface area contributed by atoms with E-state index in [-0.39, 0.29) is 11.7 Å². The maximum atomic E-state index is 12.7. The number of phenolic OH excluding ortho intramolecular Hbond substituents is 1. The molecule has 1 aliphatic heterocycles. The smallest absolute Gasteiger partial charge is 0.256 e. The fraction of sp³-hybridized carbons (Fsp3) is 0. The highest BCUT2D eigenvalue weighted by molar-refractivity contribution is 6.36. The number of aromatic amines is 1. The highest BCUT2D eigenvalue weighted by atomic mass is 16.3. The van der Waals surface area contributed by atoms with Crippen molar-refractivity contribution in [3.05, 3.63) is 95.8 Å². The van der Waals surface area contributed by atoms with Crippen LogP contribution >= 0.6 is 0 Å². The molecule has 2 amide bonds. The molecule has 32 heavy (non-hydrogen) atoms. The number of benzene rings is 3. The standard InChI is InChI=1S/C26H19N3O3/c27-25(31)20-10-9-18(30)14-21(20)16-5-1-4-15(12-16)19-7-2-8-23-24(19)22(26(32)29-23)13-17-6-3-11-28-17/h1-14,28,30H,(H2,27,31)(H,29,32). The SMILES string of the molecule is NC(=O)c1ccc(O)cc1-c1cccc(-c2cccc3c2C(=Cc2ccc[nH]2)C(=O)N3)c1. The van der Waals surface area contributed by atoms with Gasteiger partial charge in [-0.15, -0.1) is 0 Å². The zero-order chi connectivity index (χ0) is 22.2. The number of H-pyrrole nitrogens is 1. The predicted octanol–water partition coefficient (Wildman–Crippen LogP) is 4.65. The molecule has 0 fully saturated rings. The van der Waals surface area contributed by atoms with E-state index in [0.29, 0.717) is 16.7 Å². The van der Waals surface area contributed by atoms with Crippen molar-refractivity contribution in [2.75, 3.05) is 5.32 Å². The Morgan fingerprint density at radius 2 is 1.69 bits per heavy atom. The lowest BCUT2D eigenvalue weighted by Gasteiger charge is -2.12. The molecule has 2 heterocycles. The quantitative estimate of drug-likeness (QED) is 0.360. The molecule has 0 saturated carbocycles. The van der Waals surface area contributed by atoms with Gasteiger partial charge >= 0.3 is 0 Å². The van der Waals surface area contributed by atoms with Crippen molar-refractivity contribution in [1.82, 2.24) is 4.98 Å². The number of primary amides is 1. The Hall–Kier alpha value is -4.58. The third kappa shape index (κ3) is 3.33. The molecule has 3 aromatic carbocycles. The Balaban J connectivity index is 1.67. The van der Waals surface area contributed by atoms with Gasteiger partial charge in [-0.05, 0) is 70.8 Å². The van der Waals surface area contributed by atoms with Gasteiger partial charge in [-0.3, -0.25) is 9.59 Å². The lowest BCUT2D eigenvalue weighted by molar-refractivity contribution is -0.110. The number of carbonyl (C=O) groups is 2. The van der Waals surface area contributed by atoms with Crippen LogP contribution in [-0.2, 0) is 4.79 Å². The molecule has 6 nitrogen and oxygen atoms in total. The predicted molar refractivity (Wildman–Crippen MR) is 125 cm³/mol. The van der Waals surface area contributed by atoms with Crippen molar-refractivity contribution in [2.45, 2.75) is 0 Å². The van der Waals surface area contributed by atoms with E-state index < -0.39 is 5.91 Å². The highest BCUT2D eigenvalue weighted by Crippen LogP contribution is 2.41. The zero-order valence-corrected chi connectivity index (χ0v) is 16.9. The van der Waals surface area contributed by atoms with Gasteiger partial charge in [0.15, 0.2) is 0 Å². The van der Waals surface area contributed by atoms with Crippen molar-refractivity contribution in [3.8, 4) is 28.0 Å². The Morgan fingerprint density at radius 1 is 0.906 bits per heavy atom. The summed E-state index contributed by atoms with van der Waals surface area (Å²) in [6.45, 7) is 0. The van der Waals surface area contributed by atoms with Crippen LogP contribution in [-0.4, -0.2) is 21.9 Å². The van der Waals surface area contributed by atoms with Crippen molar-refractivity contribution in [2.24, 2.45) is 5.73 Å². The summed E-state index contributed by atoms with van der Waals surface area (Å²) in [6, 6.07) is 21.6. The number of phenols is 1. The van der Waals surface area contributed by atoms with Crippen LogP contribution < -0.4 is 11.1 Å². The summed E-state index contributed by atoms with van der Waals surface area (Å²) in [5.74, 6) is -0.693. The number of amides is 2. The maximum Gasteiger partial charge on any atom is 0.256 e. The molecule has 0 saturated heterocycles. The van der Waals surface area contributed by atoms with Gasteiger partial charge in [-0.2, -0.15) is 0 Å². The molecule has 5 N–H and O–H groups in total. The van der Waals surface area contributed by atoms with E-state index in [1.807, 2.05) is 60.7 Å². The highest BCUT2D eigenvalue weighted by Gasteiger charge is 2.27. The minimum Gasteiger partial charge on any atom is -0.508 e. The third-order valence-corrected chi connectivity index (χ3v) is 5.50. The second-order valence-corrected chi connectivity index (χ2v) is 7.54. The molecule has 5 rings (SSSR count). The van der Waals surface area contributed by atoms with E-state index in [9.17, 15) is 14.7 Å². The number of carbonyl (C=O) groups excluding carboxylic acids is 2. The van der Waals surface area contributed by atoms with Gasteiger partial charge in [0.2, 0.25) is 5.91 Å². The van der Waals surface area contributed by atoms with Gasteiger partial charge in [0.1, 0.15) is 5.75 Å². The molecular weight excluding hydrogens is 402 g/mol. The van der Waals surface area contributed by atoms with Crippen molar-refractivity contribution >= 4 is 29.2 Å². The van der Waals surface area contributed by atoms with Crippen LogP contribution in [0.1, 0.15) is 21.6 Å². The number of aromatic hydroxyl groups is 1. The first-order chi connectivity index (χ1) is 15.5. The lowest BCUT2D eigenvalue weighted by Crippen LogP contribution is -2.12. The molecule has 156 valence electrons. The van der Waals surface area contributed by atoms with Gasteiger partial charge < -0.3 is 21.1 Å². The summed E-state index contributed by atoms with van der Waals surface area (Å²) >= 11 is 0. The number of aromatic nitrogens is 1. The Labute approximate surface area is 184 Å². The van der Waals surface area contributed by atoms with Gasteiger partial charge in [-0.25, -0.2) is 0 Å². The van der Waals surface area contributed by atoms with Crippen LogP contribution in [0.4, 0.5) is 5.69 Å². The molecule has 4 aromatic rings. The van der Waals surface area contributed by atoms with E-state index in [1.54, 1.807) is 6.20 Å². The molecule has 0 radical (unpaired) electrons. The number of fused-ring (bicyclic) bond motifs is 1. The van der Waals surface area contributed by atoms with E-state index in [4.69, 9.17) is 5.73 Å². The fourth-order valence-corrected chi connectivity index (χ4v) is 4.06. The van der Waals surface area contributed by atoms with E-state index >= 15 is 0 Å². The molecule has 0 bridgehead atoms. The van der Waals surface area contributed by atoms with E-state index in [2.05, 4.69) is 10.3 Å². The van der Waals surface area contributed by atoms with E-state index in [1.165, 1.54) is 18.2 Å². The second kappa shape index (κ2) is 7.59. The summed E-state index contributed by atoms with van der Waals surface area (Å²) < 4.78 is 0. The van der Waals surface area contributed by atoms with E-state index in [0.717, 1.165) is 33.6 Å². The normalized spacial score (nSPS) is 13.8. The van der Waals surface area contributed by atoms with Gasteiger partial charge in [0, 0.05) is 28.7 Å². The summed E-state index contributed by atoms with van der Waals surface area (Å²) in [6.07, 6.45) is 3.64. The second-order valence-electron chi connectivity index (χ2n) is 7.54. The van der Waals surface area contributed by atoms with Crippen LogP contribution in [0.5, 0.6) is 5.75 Å². The number of nitrogens with one attached hydrogen (secondary N) is 2. The first-order valence-corrected chi connectivity index (χ1v) is 10.0. The number of hydrogen-bond donors (Lipinski definition) is 4. The summed E-state index contributed by atoms with van der Waals surface area (Å²) in [5, 5.41) is 12.9. The summed E-state index contributed by atoms with van der Waals surface area (Å²) in [4.78, 5) is 27.7. The molecule has 6 heteroatoms. The Morgan fingerprint density at radius 3 is 2.44 bits per heavy atom. The molecular formula is C26H19N3O3. The molecule has 0 spiro atoms. The third-order valence-electron chi connectivity index (χ3n) is 5.50. The molecule has 0 unspecified atom stereocenters. The average Bonchev–Trinajstić information content (AvgIpc) is 3.41. The number of hydrogen-bond acceptors (Lipinski definition) is 3. The minimum atomic E-state index is -0.572. The molecule has 0 aliphatic carbocycles. The number of anilines is 1. The summed E-state index contributed by atoms with van der Waals surface area (Å²) in [5.41, 5.74) is 11.8. The van der Waals surface area contributed by atoms with Gasteiger partial charge in [0.25, 0.3) is 5.91 Å². The number of rotatable bonds is 4. The Kier molecular flexibility index (Phi) is 4.60. The first-order valence-electron chi connectivity index (χ1n) is 10.0. The molecule has 0 atom stereocenters. The largest absolute Gasteiger partial charge is 0.508 e. The summed E-state index contributed by atoms with van der Waals surface area (Å²) in [7, 11) is 0. The lowest BCUT2D eigenvalue weighted by atomic mass is 9.91. The zero-order valence-electron chi connectivity index (χ0n) is 16.9. The molecule has 1 aliphatic rings. The number of nitrogens with two attached hydrogens (primary N) is 1. The van der Waals surface area contributed by atoms with Crippen molar-refractivity contribution < 1.29 is 14.7 Å². The maximum absolute atomic E-state index is 12.7. The van der Waals surface area contributed by atoms with Crippen LogP contribution in [0, 0.1) is 0 Å². The molecule has 1 aromatic heterocycles. The van der Waals surface area contributed by atoms with Crippen molar-refractivity contribution in [1.29, 1.82) is 0 Å².